The zero-order valence-electron chi connectivity index (χ0n) is 9.61. The van der Waals surface area contributed by atoms with Crippen LogP contribution in [0.1, 0.15) is 31.7 Å². The minimum atomic E-state index is 0.395. The molecule has 1 radical (unpaired) electrons. The Balaban J connectivity index is 2.20. The highest BCUT2D eigenvalue weighted by molar-refractivity contribution is 5.14. The van der Waals surface area contributed by atoms with Crippen LogP contribution in [-0.2, 0) is 11.2 Å². The lowest BCUT2D eigenvalue weighted by molar-refractivity contribution is 0.0626. The summed E-state index contributed by atoms with van der Waals surface area (Å²) < 4.78 is 5.52. The Bertz CT molecular complexity index is 243. The van der Waals surface area contributed by atoms with Gasteiger partial charge in [-0.15, -0.1) is 0 Å². The zero-order chi connectivity index (χ0) is 10.9. The van der Waals surface area contributed by atoms with Crippen LogP contribution in [-0.4, -0.2) is 12.7 Å². The standard InChI is InChI=1S/C14H21O/c1-3-14(15-4-2)12-8-11-13-9-6-5-7-10-13/h5-7,9-10,14H,2-4,8,11-12H2,1H3. The van der Waals surface area contributed by atoms with Gasteiger partial charge in [0, 0.05) is 6.61 Å². The molecule has 0 amide bonds. The minimum Gasteiger partial charge on any atom is -0.378 e. The molecule has 0 N–H and O–H groups in total. The largest absolute Gasteiger partial charge is 0.378 e. The molecule has 0 aliphatic carbocycles. The number of ether oxygens (including phenoxy) is 1. The highest BCUT2D eigenvalue weighted by Gasteiger charge is 2.04. The van der Waals surface area contributed by atoms with E-state index in [1.54, 1.807) is 0 Å². The van der Waals surface area contributed by atoms with Gasteiger partial charge in [-0.3, -0.25) is 0 Å². The van der Waals surface area contributed by atoms with Crippen molar-refractivity contribution in [3.8, 4) is 0 Å². The summed E-state index contributed by atoms with van der Waals surface area (Å²) in [7, 11) is 0. The molecule has 0 saturated heterocycles. The maximum atomic E-state index is 5.52. The van der Waals surface area contributed by atoms with Gasteiger partial charge in [-0.1, -0.05) is 37.3 Å². The molecule has 1 aromatic rings. The van der Waals surface area contributed by atoms with Gasteiger partial charge < -0.3 is 4.74 Å². The van der Waals surface area contributed by atoms with E-state index in [4.69, 9.17) is 4.74 Å². The molecule has 1 aromatic carbocycles. The van der Waals surface area contributed by atoms with Crippen LogP contribution in [0.4, 0.5) is 0 Å². The van der Waals surface area contributed by atoms with Crippen molar-refractivity contribution in [1.82, 2.24) is 0 Å². The lowest BCUT2D eigenvalue weighted by Gasteiger charge is -2.14. The van der Waals surface area contributed by atoms with E-state index in [2.05, 4.69) is 44.2 Å². The van der Waals surface area contributed by atoms with Crippen LogP contribution in [0.3, 0.4) is 0 Å². The van der Waals surface area contributed by atoms with Crippen molar-refractivity contribution in [3.05, 3.63) is 42.8 Å². The molecule has 83 valence electrons. The Morgan fingerprint density at radius 1 is 1.27 bits per heavy atom. The van der Waals surface area contributed by atoms with Gasteiger partial charge >= 0.3 is 0 Å². The van der Waals surface area contributed by atoms with E-state index in [-0.39, 0.29) is 0 Å². The lowest BCUT2D eigenvalue weighted by atomic mass is 10.0. The smallest absolute Gasteiger partial charge is 0.0572 e. The van der Waals surface area contributed by atoms with Gasteiger partial charge in [0.05, 0.1) is 6.10 Å². The lowest BCUT2D eigenvalue weighted by Crippen LogP contribution is -2.11. The first-order valence-corrected chi connectivity index (χ1v) is 5.81. The van der Waals surface area contributed by atoms with Crippen LogP contribution in [0.5, 0.6) is 0 Å². The predicted octanol–water partition coefficient (Wildman–Crippen LogP) is 3.64. The van der Waals surface area contributed by atoms with E-state index in [1.807, 2.05) is 0 Å². The third-order valence-corrected chi connectivity index (χ3v) is 2.64. The summed E-state index contributed by atoms with van der Waals surface area (Å²) in [4.78, 5) is 0. The van der Waals surface area contributed by atoms with Crippen LogP contribution in [0.25, 0.3) is 0 Å². The molecule has 0 spiro atoms. The van der Waals surface area contributed by atoms with Gasteiger partial charge in [-0.05, 0) is 38.2 Å². The molecule has 1 unspecified atom stereocenters. The Morgan fingerprint density at radius 2 is 2.00 bits per heavy atom. The first kappa shape index (κ1) is 12.3. The predicted molar refractivity (Wildman–Crippen MR) is 64.8 cm³/mol. The van der Waals surface area contributed by atoms with Gasteiger partial charge in [-0.2, -0.15) is 0 Å². The SMILES string of the molecule is [CH2]COC(CC)CCCc1ccccc1. The van der Waals surface area contributed by atoms with Gasteiger partial charge in [-0.25, -0.2) is 0 Å². The third-order valence-electron chi connectivity index (χ3n) is 2.64. The fourth-order valence-electron chi connectivity index (χ4n) is 1.75. The van der Waals surface area contributed by atoms with E-state index in [9.17, 15) is 0 Å². The Labute approximate surface area is 93.5 Å². The summed E-state index contributed by atoms with van der Waals surface area (Å²) in [5.74, 6) is 0. The third kappa shape index (κ3) is 4.98. The summed E-state index contributed by atoms with van der Waals surface area (Å²) >= 11 is 0. The topological polar surface area (TPSA) is 9.23 Å². The number of rotatable bonds is 7. The number of hydrogen-bond donors (Lipinski definition) is 0. The summed E-state index contributed by atoms with van der Waals surface area (Å²) in [6, 6.07) is 10.6. The van der Waals surface area contributed by atoms with Gasteiger partial charge in [0.2, 0.25) is 0 Å². The van der Waals surface area contributed by atoms with Crippen molar-refractivity contribution in [2.45, 2.75) is 38.7 Å². The molecule has 0 fully saturated rings. The van der Waals surface area contributed by atoms with Crippen LogP contribution in [0.2, 0.25) is 0 Å². The fraction of sp³-hybridized carbons (Fsp3) is 0.500. The van der Waals surface area contributed by atoms with E-state index < -0.39 is 0 Å². The van der Waals surface area contributed by atoms with E-state index >= 15 is 0 Å². The van der Waals surface area contributed by atoms with Crippen molar-refractivity contribution in [1.29, 1.82) is 0 Å². The molecule has 1 nitrogen and oxygen atoms in total. The summed E-state index contributed by atoms with van der Waals surface area (Å²) in [5, 5.41) is 0. The summed E-state index contributed by atoms with van der Waals surface area (Å²) in [6.07, 6.45) is 4.97. The summed E-state index contributed by atoms with van der Waals surface area (Å²) in [5.41, 5.74) is 1.42. The Hall–Kier alpha value is -0.820. The van der Waals surface area contributed by atoms with Crippen molar-refractivity contribution in [2.75, 3.05) is 6.61 Å². The van der Waals surface area contributed by atoms with Crippen LogP contribution in [0, 0.1) is 6.92 Å². The normalized spacial score (nSPS) is 12.7. The molecule has 0 saturated carbocycles. The van der Waals surface area contributed by atoms with Crippen LogP contribution in [0.15, 0.2) is 30.3 Å². The van der Waals surface area contributed by atoms with Crippen molar-refractivity contribution < 1.29 is 4.74 Å². The molecule has 1 rings (SSSR count). The Morgan fingerprint density at radius 3 is 2.60 bits per heavy atom. The summed E-state index contributed by atoms with van der Waals surface area (Å²) in [6.45, 7) is 6.47. The van der Waals surface area contributed by atoms with E-state index in [0.29, 0.717) is 12.7 Å². The molecular weight excluding hydrogens is 184 g/mol. The first-order valence-electron chi connectivity index (χ1n) is 5.81. The molecule has 1 heteroatoms. The minimum absolute atomic E-state index is 0.395. The molecule has 15 heavy (non-hydrogen) atoms. The van der Waals surface area contributed by atoms with Gasteiger partial charge in [0.25, 0.3) is 0 Å². The molecule has 1 atom stereocenters. The van der Waals surface area contributed by atoms with Gasteiger partial charge in [0.1, 0.15) is 0 Å². The van der Waals surface area contributed by atoms with Crippen LogP contribution >= 0.6 is 0 Å². The second-order valence-corrected chi connectivity index (χ2v) is 3.78. The first-order chi connectivity index (χ1) is 7.36. The van der Waals surface area contributed by atoms with Crippen molar-refractivity contribution >= 4 is 0 Å². The zero-order valence-corrected chi connectivity index (χ0v) is 9.61. The van der Waals surface area contributed by atoms with E-state index in [0.717, 1.165) is 19.3 Å². The second kappa shape index (κ2) is 7.47. The molecular formula is C14H21O. The molecule has 0 heterocycles. The average Bonchev–Trinajstić information content (AvgIpc) is 2.29. The highest BCUT2D eigenvalue weighted by atomic mass is 16.5. The quantitative estimate of drug-likeness (QED) is 0.660. The van der Waals surface area contributed by atoms with Crippen molar-refractivity contribution in [3.63, 3.8) is 0 Å². The molecule has 0 aromatic heterocycles. The number of benzene rings is 1. The second-order valence-electron chi connectivity index (χ2n) is 3.78. The van der Waals surface area contributed by atoms with Gasteiger partial charge in [0.15, 0.2) is 0 Å². The molecule has 0 bridgehead atoms. The van der Waals surface area contributed by atoms with Crippen molar-refractivity contribution in [2.24, 2.45) is 0 Å². The van der Waals surface area contributed by atoms with E-state index in [1.165, 1.54) is 12.0 Å². The Kier molecular flexibility index (Phi) is 6.10. The maximum absolute atomic E-state index is 5.52. The number of hydrogen-bond acceptors (Lipinski definition) is 1. The molecule has 0 aliphatic heterocycles. The van der Waals surface area contributed by atoms with Crippen LogP contribution < -0.4 is 0 Å². The fourth-order valence-corrected chi connectivity index (χ4v) is 1.75. The molecule has 0 aliphatic rings. The average molecular weight is 205 g/mol. The monoisotopic (exact) mass is 205 g/mol. The number of aryl methyl sites for hydroxylation is 1. The maximum Gasteiger partial charge on any atom is 0.0572 e. The highest BCUT2D eigenvalue weighted by Crippen LogP contribution is 2.10.